The molecule has 164 valence electrons. The summed E-state index contributed by atoms with van der Waals surface area (Å²) < 4.78 is 0. The van der Waals surface area contributed by atoms with Crippen LogP contribution in [0.15, 0.2) is 11.6 Å². The Bertz CT molecular complexity index is 697. The van der Waals surface area contributed by atoms with Crippen molar-refractivity contribution in [1.29, 1.82) is 0 Å². The van der Waals surface area contributed by atoms with Gasteiger partial charge in [-0.25, -0.2) is 0 Å². The zero-order chi connectivity index (χ0) is 20.8. The van der Waals surface area contributed by atoms with E-state index in [1.54, 1.807) is 0 Å². The van der Waals surface area contributed by atoms with Crippen LogP contribution in [0.4, 0.5) is 0 Å². The Kier molecular flexibility index (Phi) is 4.54. The summed E-state index contributed by atoms with van der Waals surface area (Å²) in [5.74, 6) is 5.52. The largest absolute Gasteiger partial charge is 0.0841 e. The first-order valence-corrected chi connectivity index (χ1v) is 13.3. The number of hydrogen-bond acceptors (Lipinski definition) is 0. The molecule has 0 N–H and O–H groups in total. The van der Waals surface area contributed by atoms with E-state index in [0.717, 1.165) is 35.5 Å². The van der Waals surface area contributed by atoms with Gasteiger partial charge in [-0.2, -0.15) is 0 Å². The standard InChI is InChI=1S/C29H48/c1-19-9-10-21-13-17-28(6)22(25(21)20(19)2)11-12-24-27(5)16-8-15-26(3,4)23(27)14-18-29(24,28)7/h11,19-21,23-25H,8-10,12-18H2,1-7H3/t19-,20+,21?,23+,24-,25?,27+,28-,29-/m1/s1. The topological polar surface area (TPSA) is 0 Å². The SMILES string of the molecule is C[C@@H]1CCC2CC[C@]3(C)C(=CC[C@@H]4[C@@]5(C)CCCC(C)(C)[C@@H]5CC[C@]43C)C2[C@H]1C. The number of hydrogen-bond donors (Lipinski definition) is 0. The second-order valence-electron chi connectivity index (χ2n) is 13.9. The van der Waals surface area contributed by atoms with Crippen LogP contribution in [0.3, 0.4) is 0 Å². The highest BCUT2D eigenvalue weighted by atomic mass is 14.7. The Morgan fingerprint density at radius 2 is 1.55 bits per heavy atom. The summed E-state index contributed by atoms with van der Waals surface area (Å²) in [6.45, 7) is 18.6. The quantitative estimate of drug-likeness (QED) is 0.359. The van der Waals surface area contributed by atoms with E-state index in [-0.39, 0.29) is 0 Å². The maximum absolute atomic E-state index is 2.85. The van der Waals surface area contributed by atoms with Crippen LogP contribution in [-0.2, 0) is 0 Å². The summed E-state index contributed by atoms with van der Waals surface area (Å²) in [5, 5.41) is 0. The van der Waals surface area contributed by atoms with Crippen LogP contribution >= 0.6 is 0 Å². The molecule has 0 aliphatic heterocycles. The van der Waals surface area contributed by atoms with Crippen LogP contribution in [0, 0.1) is 57.2 Å². The van der Waals surface area contributed by atoms with Crippen molar-refractivity contribution in [2.24, 2.45) is 57.2 Å². The predicted molar refractivity (Wildman–Crippen MR) is 125 cm³/mol. The molecule has 0 aromatic carbocycles. The lowest BCUT2D eigenvalue weighted by Crippen LogP contribution is -2.62. The van der Waals surface area contributed by atoms with Crippen LogP contribution in [-0.4, -0.2) is 0 Å². The maximum Gasteiger partial charge on any atom is -0.00566 e. The molecule has 4 fully saturated rings. The van der Waals surface area contributed by atoms with Gasteiger partial charge in [0.2, 0.25) is 0 Å². The van der Waals surface area contributed by atoms with Crippen LogP contribution in [0.1, 0.15) is 113 Å². The summed E-state index contributed by atoms with van der Waals surface area (Å²) in [6.07, 6.45) is 17.5. The number of allylic oxidation sites excluding steroid dienone is 2. The van der Waals surface area contributed by atoms with Gasteiger partial charge in [-0.05, 0) is 109 Å². The molecule has 0 heteroatoms. The van der Waals surface area contributed by atoms with Gasteiger partial charge < -0.3 is 0 Å². The van der Waals surface area contributed by atoms with E-state index in [2.05, 4.69) is 54.5 Å². The first-order chi connectivity index (χ1) is 13.5. The van der Waals surface area contributed by atoms with E-state index in [9.17, 15) is 0 Å². The van der Waals surface area contributed by atoms with E-state index in [0.29, 0.717) is 21.7 Å². The molecule has 0 spiro atoms. The highest BCUT2D eigenvalue weighted by Gasteiger charge is 2.66. The lowest BCUT2D eigenvalue weighted by atomic mass is 9.34. The molecule has 0 radical (unpaired) electrons. The predicted octanol–water partition coefficient (Wildman–Crippen LogP) is 8.66. The molecule has 0 saturated heterocycles. The van der Waals surface area contributed by atoms with Gasteiger partial charge in [-0.1, -0.05) is 73.0 Å². The molecule has 2 unspecified atom stereocenters. The van der Waals surface area contributed by atoms with Crippen molar-refractivity contribution in [1.82, 2.24) is 0 Å². The van der Waals surface area contributed by atoms with Crippen molar-refractivity contribution in [3.8, 4) is 0 Å². The molecule has 0 bridgehead atoms. The molecule has 29 heavy (non-hydrogen) atoms. The van der Waals surface area contributed by atoms with Crippen LogP contribution < -0.4 is 0 Å². The number of rotatable bonds is 0. The highest BCUT2D eigenvalue weighted by Crippen LogP contribution is 2.74. The average molecular weight is 397 g/mol. The van der Waals surface area contributed by atoms with Gasteiger partial charge in [0.15, 0.2) is 0 Å². The van der Waals surface area contributed by atoms with Crippen molar-refractivity contribution >= 4 is 0 Å². The van der Waals surface area contributed by atoms with Gasteiger partial charge in [0.05, 0.1) is 0 Å². The van der Waals surface area contributed by atoms with Crippen molar-refractivity contribution < 1.29 is 0 Å². The fourth-order valence-electron chi connectivity index (χ4n) is 10.6. The van der Waals surface area contributed by atoms with E-state index < -0.39 is 0 Å². The van der Waals surface area contributed by atoms with Gasteiger partial charge in [-0.3, -0.25) is 0 Å². The molecular weight excluding hydrogens is 348 g/mol. The minimum absolute atomic E-state index is 0.456. The lowest BCUT2D eigenvalue weighted by molar-refractivity contribution is -0.176. The monoisotopic (exact) mass is 396 g/mol. The fourth-order valence-corrected chi connectivity index (χ4v) is 10.6. The normalized spacial score (nSPS) is 56.3. The fraction of sp³-hybridized carbons (Fsp3) is 0.931. The van der Waals surface area contributed by atoms with E-state index >= 15 is 0 Å². The van der Waals surface area contributed by atoms with Gasteiger partial charge in [0.25, 0.3) is 0 Å². The summed E-state index contributed by atoms with van der Waals surface area (Å²) in [6, 6.07) is 0. The minimum atomic E-state index is 0.456. The van der Waals surface area contributed by atoms with Gasteiger partial charge >= 0.3 is 0 Å². The Hall–Kier alpha value is -0.260. The molecule has 9 atom stereocenters. The van der Waals surface area contributed by atoms with E-state index in [1.807, 2.05) is 5.57 Å². The highest BCUT2D eigenvalue weighted by molar-refractivity contribution is 5.32. The Morgan fingerprint density at radius 3 is 2.31 bits per heavy atom. The lowest BCUT2D eigenvalue weighted by Gasteiger charge is -2.70. The molecule has 5 aliphatic rings. The summed E-state index contributed by atoms with van der Waals surface area (Å²) in [7, 11) is 0. The molecule has 0 aromatic rings. The molecule has 0 nitrogen and oxygen atoms in total. The smallest absolute Gasteiger partial charge is 0.00566 e. The third-order valence-electron chi connectivity index (χ3n) is 12.6. The zero-order valence-corrected chi connectivity index (χ0v) is 20.6. The molecule has 4 saturated carbocycles. The van der Waals surface area contributed by atoms with Gasteiger partial charge in [0, 0.05) is 0 Å². The van der Waals surface area contributed by atoms with Gasteiger partial charge in [0.1, 0.15) is 0 Å². The number of fused-ring (bicyclic) bond motifs is 7. The average Bonchev–Trinajstić information content (AvgIpc) is 2.64. The van der Waals surface area contributed by atoms with Crippen molar-refractivity contribution in [2.75, 3.05) is 0 Å². The third kappa shape index (κ3) is 2.56. The Balaban J connectivity index is 1.57. The summed E-state index contributed by atoms with van der Waals surface area (Å²) >= 11 is 0. The maximum atomic E-state index is 2.85. The van der Waals surface area contributed by atoms with E-state index in [4.69, 9.17) is 0 Å². The Morgan fingerprint density at radius 1 is 0.793 bits per heavy atom. The molecule has 5 rings (SSSR count). The second-order valence-corrected chi connectivity index (χ2v) is 13.9. The van der Waals surface area contributed by atoms with Crippen LogP contribution in [0.5, 0.6) is 0 Å². The molecule has 0 aromatic heterocycles. The first-order valence-electron chi connectivity index (χ1n) is 13.3. The van der Waals surface area contributed by atoms with Gasteiger partial charge in [-0.15, -0.1) is 0 Å². The first kappa shape index (κ1) is 20.6. The van der Waals surface area contributed by atoms with Crippen molar-refractivity contribution in [2.45, 2.75) is 113 Å². The zero-order valence-electron chi connectivity index (χ0n) is 20.6. The third-order valence-corrected chi connectivity index (χ3v) is 12.6. The Labute approximate surface area is 181 Å². The molecule has 0 heterocycles. The second kappa shape index (κ2) is 6.38. The minimum Gasteiger partial charge on any atom is -0.0841 e. The van der Waals surface area contributed by atoms with Crippen LogP contribution in [0.2, 0.25) is 0 Å². The van der Waals surface area contributed by atoms with E-state index in [1.165, 1.54) is 64.2 Å². The van der Waals surface area contributed by atoms with Crippen molar-refractivity contribution in [3.05, 3.63) is 11.6 Å². The molecule has 5 aliphatic carbocycles. The summed E-state index contributed by atoms with van der Waals surface area (Å²) in [4.78, 5) is 0. The van der Waals surface area contributed by atoms with Crippen LogP contribution in [0.25, 0.3) is 0 Å². The molecular formula is C29H48. The van der Waals surface area contributed by atoms with Crippen molar-refractivity contribution in [3.63, 3.8) is 0 Å². The summed E-state index contributed by atoms with van der Waals surface area (Å²) in [5.41, 5.74) is 4.02. The molecule has 0 amide bonds.